The van der Waals surface area contributed by atoms with Gasteiger partial charge in [-0.05, 0) is 36.5 Å². The molecule has 0 aliphatic rings. The summed E-state index contributed by atoms with van der Waals surface area (Å²) in [4.78, 5) is 48.4. The van der Waals surface area contributed by atoms with Gasteiger partial charge in [-0.3, -0.25) is 19.2 Å². The molecule has 0 bridgehead atoms. The minimum Gasteiger partial charge on any atom is -0.350 e. The Bertz CT molecular complexity index is 842. The van der Waals surface area contributed by atoms with Gasteiger partial charge < -0.3 is 21.4 Å². The van der Waals surface area contributed by atoms with Gasteiger partial charge in [0.15, 0.2) is 5.78 Å². The number of benzene rings is 1. The number of Topliss-reactive ketones (excluding diaryl/α,β-unsaturated/α-hetero) is 1. The number of nitrogens with zero attached hydrogens (tertiary/aromatic N) is 1. The van der Waals surface area contributed by atoms with E-state index in [4.69, 9.17) is 10.7 Å². The number of hydrogen-bond acceptors (Lipinski definition) is 6. The zero-order valence-corrected chi connectivity index (χ0v) is 18.0. The third-order valence-corrected chi connectivity index (χ3v) is 4.42. The number of amides is 3. The first-order chi connectivity index (χ1) is 14.7. The molecule has 4 N–H and O–H groups in total. The summed E-state index contributed by atoms with van der Waals surface area (Å²) < 4.78 is 0. The Morgan fingerprint density at radius 2 is 1.71 bits per heavy atom. The smallest absolute Gasteiger partial charge is 0.243 e. The van der Waals surface area contributed by atoms with Gasteiger partial charge >= 0.3 is 0 Å². The lowest BCUT2D eigenvalue weighted by molar-refractivity contribution is -0.132. The van der Waals surface area contributed by atoms with E-state index in [2.05, 4.69) is 16.0 Å². The van der Waals surface area contributed by atoms with Crippen molar-refractivity contribution in [1.29, 1.82) is 10.7 Å². The molecular weight excluding hydrogens is 398 g/mol. The first-order valence-electron chi connectivity index (χ1n) is 10.0. The Balaban J connectivity index is 2.87. The second-order valence-corrected chi connectivity index (χ2v) is 7.62. The highest BCUT2D eigenvalue weighted by atomic mass is 16.2. The van der Waals surface area contributed by atoms with Crippen LogP contribution in [-0.4, -0.2) is 41.8 Å². The maximum absolute atomic E-state index is 12.7. The number of carbonyl (C=O) groups is 4. The summed E-state index contributed by atoms with van der Waals surface area (Å²) in [5.41, 5.74) is 1.27. The van der Waals surface area contributed by atoms with Gasteiger partial charge in [0.2, 0.25) is 17.7 Å². The fourth-order valence-electron chi connectivity index (χ4n) is 2.86. The average Bonchev–Trinajstić information content (AvgIpc) is 2.73. The molecule has 2 atom stereocenters. The largest absolute Gasteiger partial charge is 0.350 e. The molecule has 0 saturated carbocycles. The topological polar surface area (TPSA) is 152 Å². The zero-order valence-electron chi connectivity index (χ0n) is 18.0. The van der Waals surface area contributed by atoms with E-state index in [1.807, 2.05) is 19.9 Å². The summed E-state index contributed by atoms with van der Waals surface area (Å²) in [5, 5.41) is 23.8. The van der Waals surface area contributed by atoms with Crippen LogP contribution in [0, 0.1) is 22.7 Å². The highest BCUT2D eigenvalue weighted by Gasteiger charge is 2.27. The Morgan fingerprint density at radius 1 is 1.06 bits per heavy atom. The van der Waals surface area contributed by atoms with Gasteiger partial charge in [0.1, 0.15) is 12.1 Å². The Kier molecular flexibility index (Phi) is 10.6. The lowest BCUT2D eigenvalue weighted by Crippen LogP contribution is -2.53. The summed E-state index contributed by atoms with van der Waals surface area (Å²) in [5.74, 6) is -1.68. The summed E-state index contributed by atoms with van der Waals surface area (Å²) in [6.07, 6.45) is 1.01. The highest BCUT2D eigenvalue weighted by molar-refractivity contribution is 6.26. The molecule has 0 aliphatic carbocycles. The van der Waals surface area contributed by atoms with Crippen LogP contribution in [0.25, 0.3) is 0 Å². The van der Waals surface area contributed by atoms with Gasteiger partial charge in [-0.2, -0.15) is 5.26 Å². The number of ketones is 1. The molecule has 1 rings (SSSR count). The van der Waals surface area contributed by atoms with Gasteiger partial charge in [0.05, 0.1) is 17.8 Å². The predicted octanol–water partition coefficient (Wildman–Crippen LogP) is 1.21. The zero-order chi connectivity index (χ0) is 23.4. The van der Waals surface area contributed by atoms with Crippen molar-refractivity contribution < 1.29 is 19.2 Å². The first-order valence-corrected chi connectivity index (χ1v) is 10.0. The first kappa shape index (κ1) is 25.5. The molecule has 0 aliphatic heterocycles. The molecule has 0 fully saturated rings. The molecule has 0 radical (unpaired) electrons. The minimum absolute atomic E-state index is 0.0215. The average molecular weight is 428 g/mol. The standard InChI is InChI=1S/C22H29N5O4/c1-14(2)10-20(26-15(3)28)22(31)27-19(9-8-18(29)12-24)21(30)25-13-17-6-4-16(11-23)5-7-17/h4-7,12,14,19-20,24H,8-10,13H2,1-3H3,(H,25,30)(H,26,28)(H,27,31)/t19-,20-/m0/s1. The number of hydrogen-bond donors (Lipinski definition) is 4. The lowest BCUT2D eigenvalue weighted by atomic mass is 10.0. The third-order valence-electron chi connectivity index (χ3n) is 4.42. The summed E-state index contributed by atoms with van der Waals surface area (Å²) in [7, 11) is 0. The van der Waals surface area contributed by atoms with Gasteiger partial charge in [0.25, 0.3) is 0 Å². The van der Waals surface area contributed by atoms with Crippen LogP contribution in [0.5, 0.6) is 0 Å². The minimum atomic E-state index is -1.00. The monoisotopic (exact) mass is 427 g/mol. The van der Waals surface area contributed by atoms with Crippen molar-refractivity contribution in [3.8, 4) is 6.07 Å². The molecule has 9 heteroatoms. The molecule has 3 amide bonds. The molecule has 0 aromatic heterocycles. The Morgan fingerprint density at radius 3 is 2.23 bits per heavy atom. The van der Waals surface area contributed by atoms with Gasteiger partial charge in [-0.1, -0.05) is 26.0 Å². The molecule has 0 heterocycles. The summed E-state index contributed by atoms with van der Waals surface area (Å²) in [6.45, 7) is 5.31. The van der Waals surface area contributed by atoms with Crippen LogP contribution in [-0.2, 0) is 25.7 Å². The third kappa shape index (κ3) is 9.67. The molecule has 1 aromatic carbocycles. The van der Waals surface area contributed by atoms with E-state index < -0.39 is 29.7 Å². The van der Waals surface area contributed by atoms with E-state index in [1.165, 1.54) is 6.92 Å². The molecule has 0 spiro atoms. The van der Waals surface area contributed by atoms with E-state index in [0.717, 1.165) is 5.56 Å². The molecular formula is C22H29N5O4. The maximum atomic E-state index is 12.7. The summed E-state index contributed by atoms with van der Waals surface area (Å²) >= 11 is 0. The number of nitriles is 1. The van der Waals surface area contributed by atoms with Crippen LogP contribution in [0.1, 0.15) is 51.2 Å². The van der Waals surface area contributed by atoms with E-state index in [9.17, 15) is 19.2 Å². The van der Waals surface area contributed by atoms with E-state index in [1.54, 1.807) is 24.3 Å². The van der Waals surface area contributed by atoms with E-state index >= 15 is 0 Å². The van der Waals surface area contributed by atoms with Crippen LogP contribution in [0.2, 0.25) is 0 Å². The number of nitrogens with one attached hydrogen (secondary N) is 4. The van der Waals surface area contributed by atoms with Crippen LogP contribution in [0.4, 0.5) is 0 Å². The second-order valence-electron chi connectivity index (χ2n) is 7.62. The van der Waals surface area contributed by atoms with Crippen molar-refractivity contribution in [3.63, 3.8) is 0 Å². The van der Waals surface area contributed by atoms with Crippen molar-refractivity contribution in [2.24, 2.45) is 5.92 Å². The van der Waals surface area contributed by atoms with Crippen molar-refractivity contribution in [1.82, 2.24) is 16.0 Å². The fourth-order valence-corrected chi connectivity index (χ4v) is 2.86. The number of rotatable bonds is 12. The predicted molar refractivity (Wildman–Crippen MR) is 115 cm³/mol. The van der Waals surface area contributed by atoms with Crippen molar-refractivity contribution >= 4 is 29.7 Å². The normalized spacial score (nSPS) is 12.2. The van der Waals surface area contributed by atoms with Crippen molar-refractivity contribution in [2.75, 3.05) is 0 Å². The fraction of sp³-hybridized carbons (Fsp3) is 0.455. The SMILES string of the molecule is CC(=O)N[C@@H](CC(C)C)C(=O)N[C@@H](CCC(=O)C=N)C(=O)NCc1ccc(C#N)cc1. The van der Waals surface area contributed by atoms with Crippen LogP contribution < -0.4 is 16.0 Å². The van der Waals surface area contributed by atoms with Crippen LogP contribution >= 0.6 is 0 Å². The van der Waals surface area contributed by atoms with Gasteiger partial charge in [-0.15, -0.1) is 0 Å². The maximum Gasteiger partial charge on any atom is 0.243 e. The van der Waals surface area contributed by atoms with E-state index in [-0.39, 0.29) is 31.2 Å². The molecule has 0 unspecified atom stereocenters. The van der Waals surface area contributed by atoms with Crippen molar-refractivity contribution in [2.45, 2.75) is 58.7 Å². The van der Waals surface area contributed by atoms with Crippen LogP contribution in [0.15, 0.2) is 24.3 Å². The van der Waals surface area contributed by atoms with Crippen LogP contribution in [0.3, 0.4) is 0 Å². The molecule has 166 valence electrons. The van der Waals surface area contributed by atoms with Gasteiger partial charge in [0, 0.05) is 19.9 Å². The van der Waals surface area contributed by atoms with E-state index in [0.29, 0.717) is 18.2 Å². The molecule has 0 saturated heterocycles. The highest BCUT2D eigenvalue weighted by Crippen LogP contribution is 2.08. The van der Waals surface area contributed by atoms with Gasteiger partial charge in [-0.25, -0.2) is 0 Å². The quantitative estimate of drug-likeness (QED) is 0.369. The molecule has 31 heavy (non-hydrogen) atoms. The molecule has 1 aromatic rings. The Hall–Kier alpha value is -3.54. The second kappa shape index (κ2) is 12.9. The summed E-state index contributed by atoms with van der Waals surface area (Å²) in [6, 6.07) is 6.89. The lowest BCUT2D eigenvalue weighted by Gasteiger charge is -2.23. The Labute approximate surface area is 182 Å². The molecule has 9 nitrogen and oxygen atoms in total. The van der Waals surface area contributed by atoms with Crippen molar-refractivity contribution in [3.05, 3.63) is 35.4 Å². The number of carbonyl (C=O) groups excluding carboxylic acids is 4.